The highest BCUT2D eigenvalue weighted by Gasteiger charge is 2.58. The van der Waals surface area contributed by atoms with Gasteiger partial charge in [0.05, 0.1) is 33.1 Å². The largest absolute Gasteiger partial charge is 0.508 e. The van der Waals surface area contributed by atoms with Gasteiger partial charge in [0.1, 0.15) is 31.6 Å². The Morgan fingerprint density at radius 3 is 1.83 bits per heavy atom. The lowest BCUT2D eigenvalue weighted by Gasteiger charge is -2.45. The van der Waals surface area contributed by atoms with Gasteiger partial charge in [0.15, 0.2) is 0 Å². The van der Waals surface area contributed by atoms with Crippen LogP contribution in [-0.2, 0) is 48.4 Å². The lowest BCUT2D eigenvalue weighted by atomic mass is 9.83. The molecular weight excluding hydrogens is 785 g/mol. The fourth-order valence-electron chi connectivity index (χ4n) is 6.54. The molecule has 0 saturated carbocycles. The van der Waals surface area contributed by atoms with Gasteiger partial charge in [-0.05, 0) is 66.4 Å². The number of esters is 1. The van der Waals surface area contributed by atoms with Crippen LogP contribution in [0.1, 0.15) is 36.5 Å². The Balaban J connectivity index is 1.07. The standard InChI is InChI=1S/C37H34N6O14S/c1-22(57-37(47)56-20-25-6-12-28(13-7-25)43(52)53)32-30-16-31(33(40(30)34(32)44)35(45)54-18-23-2-8-26(9-3-23)41(48)49)58-29-14-15-39(17-29)21-38-36(46)55-19-24-4-10-27(11-5-24)42(50)51/h2-13,21-22,29-30,32H,14-20H2,1H3/t22?,29?,30-,32?/m1/s1. The molecule has 0 aromatic heterocycles. The Morgan fingerprint density at radius 2 is 1.31 bits per heavy atom. The van der Waals surface area contributed by atoms with Crippen molar-refractivity contribution >= 4 is 59.3 Å². The maximum Gasteiger partial charge on any atom is 0.508 e. The van der Waals surface area contributed by atoms with E-state index in [0.29, 0.717) is 41.1 Å². The highest BCUT2D eigenvalue weighted by Crippen LogP contribution is 2.49. The van der Waals surface area contributed by atoms with Crippen LogP contribution >= 0.6 is 11.8 Å². The average molecular weight is 819 g/mol. The van der Waals surface area contributed by atoms with Crippen LogP contribution in [-0.4, -0.2) is 85.5 Å². The van der Waals surface area contributed by atoms with Gasteiger partial charge in [-0.3, -0.25) is 35.1 Å². The van der Waals surface area contributed by atoms with Crippen molar-refractivity contribution in [2.24, 2.45) is 10.9 Å². The van der Waals surface area contributed by atoms with Gasteiger partial charge in [-0.15, -0.1) is 11.8 Å². The first kappa shape index (κ1) is 40.8. The minimum absolute atomic E-state index is 0.0491. The molecule has 0 radical (unpaired) electrons. The highest BCUT2D eigenvalue weighted by molar-refractivity contribution is 8.03. The second-order valence-corrected chi connectivity index (χ2v) is 14.7. The van der Waals surface area contributed by atoms with E-state index in [4.69, 9.17) is 18.9 Å². The number of carbonyl (C=O) groups excluding carboxylic acids is 4. The van der Waals surface area contributed by atoms with Gasteiger partial charge in [-0.2, -0.15) is 4.99 Å². The first-order valence-electron chi connectivity index (χ1n) is 17.7. The third-order valence-electron chi connectivity index (χ3n) is 9.49. The molecular formula is C37H34N6O14S. The van der Waals surface area contributed by atoms with Crippen LogP contribution in [0.25, 0.3) is 0 Å². The van der Waals surface area contributed by atoms with E-state index >= 15 is 0 Å². The Morgan fingerprint density at radius 1 is 0.810 bits per heavy atom. The number of nitrogens with zero attached hydrogens (tertiary/aromatic N) is 6. The van der Waals surface area contributed by atoms with Crippen LogP contribution in [0.5, 0.6) is 0 Å². The number of likely N-dealkylation sites (tertiary alicyclic amines) is 1. The number of ether oxygens (including phenoxy) is 4. The topological polar surface area (TPSA) is 253 Å². The Labute approximate surface area is 332 Å². The minimum atomic E-state index is -1.05. The molecule has 0 N–H and O–H groups in total. The number of hydrogen-bond acceptors (Lipinski definition) is 15. The molecule has 4 atom stereocenters. The van der Waals surface area contributed by atoms with Gasteiger partial charge in [-0.25, -0.2) is 14.4 Å². The molecule has 302 valence electrons. The summed E-state index contributed by atoms with van der Waals surface area (Å²) in [5, 5.41) is 32.7. The van der Waals surface area contributed by atoms with E-state index in [1.165, 1.54) is 103 Å². The number of hydrogen-bond donors (Lipinski definition) is 0. The number of amides is 2. The van der Waals surface area contributed by atoms with Gasteiger partial charge < -0.3 is 28.7 Å². The van der Waals surface area contributed by atoms with E-state index < -0.39 is 57.0 Å². The summed E-state index contributed by atoms with van der Waals surface area (Å²) in [7, 11) is 0. The smallest absolute Gasteiger partial charge is 0.456 e. The van der Waals surface area contributed by atoms with Crippen molar-refractivity contribution in [1.82, 2.24) is 9.80 Å². The predicted octanol–water partition coefficient (Wildman–Crippen LogP) is 5.81. The summed E-state index contributed by atoms with van der Waals surface area (Å²) in [6.07, 6.45) is -0.611. The molecule has 3 aromatic rings. The number of rotatable bonds is 15. The number of benzene rings is 3. The first-order chi connectivity index (χ1) is 27.8. The molecule has 2 amide bonds. The molecule has 0 aliphatic carbocycles. The van der Waals surface area contributed by atoms with E-state index in [9.17, 15) is 49.5 Å². The molecule has 2 saturated heterocycles. The monoisotopic (exact) mass is 818 g/mol. The van der Waals surface area contributed by atoms with E-state index in [1.54, 1.807) is 4.90 Å². The maximum atomic E-state index is 13.6. The van der Waals surface area contributed by atoms with Gasteiger partial charge in [0, 0.05) is 66.1 Å². The van der Waals surface area contributed by atoms with Crippen molar-refractivity contribution in [2.75, 3.05) is 13.1 Å². The lowest BCUT2D eigenvalue weighted by Crippen LogP contribution is -2.62. The zero-order valence-electron chi connectivity index (χ0n) is 30.6. The number of nitro groups is 3. The summed E-state index contributed by atoms with van der Waals surface area (Å²) in [6.45, 7) is 1.91. The fourth-order valence-corrected chi connectivity index (χ4v) is 7.99. The number of thioether (sulfide) groups is 1. The Hall–Kier alpha value is -6.90. The molecule has 3 aliphatic heterocycles. The minimum Gasteiger partial charge on any atom is -0.456 e. The van der Waals surface area contributed by atoms with Crippen LogP contribution in [0, 0.1) is 36.3 Å². The summed E-state index contributed by atoms with van der Waals surface area (Å²) >= 11 is 1.38. The van der Waals surface area contributed by atoms with Gasteiger partial charge in [0.25, 0.3) is 17.1 Å². The third-order valence-corrected chi connectivity index (χ3v) is 10.9. The average Bonchev–Trinajstić information content (AvgIpc) is 3.79. The zero-order valence-corrected chi connectivity index (χ0v) is 31.4. The molecule has 3 aromatic carbocycles. The molecule has 0 bridgehead atoms. The molecule has 3 aliphatic rings. The van der Waals surface area contributed by atoms with Crippen LogP contribution in [0.15, 0.2) is 88.4 Å². The molecule has 20 nitrogen and oxygen atoms in total. The van der Waals surface area contributed by atoms with Crippen LogP contribution < -0.4 is 0 Å². The Bertz CT molecular complexity index is 2160. The van der Waals surface area contributed by atoms with Crippen molar-refractivity contribution in [3.8, 4) is 0 Å². The number of fused-ring (bicyclic) bond motifs is 1. The van der Waals surface area contributed by atoms with Gasteiger partial charge >= 0.3 is 18.2 Å². The molecule has 3 unspecified atom stereocenters. The zero-order chi connectivity index (χ0) is 41.5. The quantitative estimate of drug-likeness (QED) is 0.0333. The second kappa shape index (κ2) is 17.9. The van der Waals surface area contributed by atoms with Crippen molar-refractivity contribution in [3.05, 3.63) is 130 Å². The summed E-state index contributed by atoms with van der Waals surface area (Å²) in [5.74, 6) is -2.06. The number of nitro benzene ring substituents is 3. The number of carbonyl (C=O) groups is 4. The first-order valence-corrected chi connectivity index (χ1v) is 18.5. The van der Waals surface area contributed by atoms with E-state index in [-0.39, 0.29) is 54.3 Å². The van der Waals surface area contributed by atoms with Crippen LogP contribution in [0.4, 0.5) is 26.7 Å². The number of non-ortho nitro benzene ring substituents is 3. The van der Waals surface area contributed by atoms with Gasteiger partial charge in [0.2, 0.25) is 5.91 Å². The lowest BCUT2D eigenvalue weighted by molar-refractivity contribution is -0.385. The number of aliphatic imine (C=N–C) groups is 1. The normalized spacial score (nSPS) is 19.0. The molecule has 58 heavy (non-hydrogen) atoms. The van der Waals surface area contributed by atoms with Crippen LogP contribution in [0.3, 0.4) is 0 Å². The van der Waals surface area contributed by atoms with E-state index in [1.807, 2.05) is 0 Å². The van der Waals surface area contributed by atoms with Crippen LogP contribution in [0.2, 0.25) is 0 Å². The number of β-lactam (4-membered cyclic amide) rings is 1. The molecule has 21 heteroatoms. The Kier molecular flexibility index (Phi) is 12.6. The SMILES string of the molecule is CC(OC(=O)OCc1ccc([N+](=O)[O-])cc1)C1C(=O)N2C(C(=O)OCc3ccc([N+](=O)[O-])cc3)=C(SC3CCN(C=NC(=O)OCc4ccc([N+](=O)[O-])cc4)C3)C[C@H]12. The third kappa shape index (κ3) is 9.72. The second-order valence-electron chi connectivity index (χ2n) is 13.3. The summed E-state index contributed by atoms with van der Waals surface area (Å²) < 4.78 is 21.3. The highest BCUT2D eigenvalue weighted by atomic mass is 32.2. The molecule has 3 heterocycles. The van der Waals surface area contributed by atoms with Gasteiger partial charge in [-0.1, -0.05) is 0 Å². The molecule has 2 fully saturated rings. The van der Waals surface area contributed by atoms with Crippen molar-refractivity contribution in [1.29, 1.82) is 0 Å². The van der Waals surface area contributed by atoms with E-state index in [2.05, 4.69) is 4.99 Å². The fraction of sp³-hybridized carbons (Fsp3) is 0.324. The molecule has 6 rings (SSSR count). The summed E-state index contributed by atoms with van der Waals surface area (Å²) in [4.78, 5) is 90.9. The predicted molar refractivity (Wildman–Crippen MR) is 202 cm³/mol. The summed E-state index contributed by atoms with van der Waals surface area (Å²) in [5.41, 5.74) is 1.22. The van der Waals surface area contributed by atoms with E-state index in [0.717, 1.165) is 0 Å². The van der Waals surface area contributed by atoms with Crippen molar-refractivity contribution < 1.29 is 52.9 Å². The maximum absolute atomic E-state index is 13.6. The van der Waals surface area contributed by atoms with Crippen molar-refractivity contribution in [2.45, 2.75) is 57.0 Å². The summed E-state index contributed by atoms with van der Waals surface area (Å²) in [6, 6.07) is 15.9. The van der Waals surface area contributed by atoms with Crippen molar-refractivity contribution in [3.63, 3.8) is 0 Å². The molecule has 0 spiro atoms.